The summed E-state index contributed by atoms with van der Waals surface area (Å²) >= 11 is 2.23. The molecular formula is C20H25IO2. The summed E-state index contributed by atoms with van der Waals surface area (Å²) in [5.74, 6) is 2.30. The van der Waals surface area contributed by atoms with E-state index in [1.807, 2.05) is 22.3 Å². The van der Waals surface area contributed by atoms with Crippen molar-refractivity contribution in [2.75, 3.05) is 0 Å². The molecule has 0 aromatic heterocycles. The fourth-order valence-electron chi connectivity index (χ4n) is 6.00. The summed E-state index contributed by atoms with van der Waals surface area (Å²) < 4.78 is 2.00. The number of phenols is 1. The van der Waals surface area contributed by atoms with Crippen LogP contribution in [0.2, 0.25) is 0 Å². The standard InChI is InChI=1S/C20H25IO2/c1-19-8-6-16-15-5-3-14(22)12-13(15)2-4-17(16)18(19)7-9-20(19,23)10-11-21/h3,5,10-12,16-18,22-23H,2,4,6-9H2,1H3/t16-,17-,18+,19+,20-/m1/s1. The average molecular weight is 424 g/mol. The van der Waals surface area contributed by atoms with Crippen molar-refractivity contribution in [3.8, 4) is 5.75 Å². The number of fused-ring (bicyclic) bond motifs is 5. The van der Waals surface area contributed by atoms with Crippen LogP contribution < -0.4 is 0 Å². The summed E-state index contributed by atoms with van der Waals surface area (Å²) in [6.45, 7) is 2.32. The van der Waals surface area contributed by atoms with Crippen LogP contribution in [0.15, 0.2) is 28.4 Å². The van der Waals surface area contributed by atoms with Crippen molar-refractivity contribution in [2.24, 2.45) is 17.3 Å². The van der Waals surface area contributed by atoms with Crippen molar-refractivity contribution >= 4 is 22.6 Å². The first-order valence-corrected chi connectivity index (χ1v) is 10.1. The predicted molar refractivity (Wildman–Crippen MR) is 101 cm³/mol. The molecule has 0 heterocycles. The van der Waals surface area contributed by atoms with E-state index in [9.17, 15) is 10.2 Å². The highest BCUT2D eigenvalue weighted by Crippen LogP contribution is 2.64. The van der Waals surface area contributed by atoms with Gasteiger partial charge in [0.05, 0.1) is 5.60 Å². The molecule has 0 spiro atoms. The van der Waals surface area contributed by atoms with Gasteiger partial charge in [0.15, 0.2) is 0 Å². The first-order valence-electron chi connectivity index (χ1n) is 8.80. The summed E-state index contributed by atoms with van der Waals surface area (Å²) in [6, 6.07) is 5.96. The molecule has 0 saturated heterocycles. The Hall–Kier alpha value is -0.550. The van der Waals surface area contributed by atoms with E-state index in [0.717, 1.165) is 32.1 Å². The number of aliphatic hydroxyl groups is 1. The first-order chi connectivity index (χ1) is 11.0. The number of hydrogen-bond acceptors (Lipinski definition) is 2. The van der Waals surface area contributed by atoms with E-state index in [1.54, 1.807) is 0 Å². The molecule has 2 N–H and O–H groups in total. The molecule has 0 unspecified atom stereocenters. The van der Waals surface area contributed by atoms with Crippen LogP contribution in [0.3, 0.4) is 0 Å². The molecule has 5 atom stereocenters. The highest BCUT2D eigenvalue weighted by Gasteiger charge is 2.60. The molecular weight excluding hydrogens is 399 g/mol. The topological polar surface area (TPSA) is 40.5 Å². The fourth-order valence-corrected chi connectivity index (χ4v) is 6.59. The summed E-state index contributed by atoms with van der Waals surface area (Å²) in [6.07, 6.45) is 8.61. The zero-order valence-corrected chi connectivity index (χ0v) is 15.8. The lowest BCUT2D eigenvalue weighted by Gasteiger charge is -2.52. The number of rotatable bonds is 1. The second-order valence-electron chi connectivity index (χ2n) is 8.01. The molecule has 0 radical (unpaired) electrons. The Balaban J connectivity index is 1.70. The quantitative estimate of drug-likeness (QED) is 0.628. The second kappa shape index (κ2) is 5.48. The number of phenolic OH excluding ortho intramolecular Hbond substituents is 1. The average Bonchev–Trinajstić information content (AvgIpc) is 2.79. The van der Waals surface area contributed by atoms with Crippen LogP contribution in [-0.4, -0.2) is 15.8 Å². The van der Waals surface area contributed by atoms with Crippen molar-refractivity contribution in [1.82, 2.24) is 0 Å². The van der Waals surface area contributed by atoms with Crippen LogP contribution in [0, 0.1) is 17.3 Å². The maximum atomic E-state index is 11.2. The number of benzene rings is 1. The lowest BCUT2D eigenvalue weighted by atomic mass is 9.53. The van der Waals surface area contributed by atoms with Gasteiger partial charge < -0.3 is 10.2 Å². The highest BCUT2D eigenvalue weighted by atomic mass is 127. The van der Waals surface area contributed by atoms with Gasteiger partial charge in [-0.05, 0) is 89.7 Å². The molecule has 2 saturated carbocycles. The van der Waals surface area contributed by atoms with Gasteiger partial charge in [0.25, 0.3) is 0 Å². The van der Waals surface area contributed by atoms with E-state index < -0.39 is 5.60 Å². The molecule has 1 aromatic rings. The lowest BCUT2D eigenvalue weighted by Crippen LogP contribution is -2.49. The third-order valence-electron chi connectivity index (χ3n) is 7.26. The molecule has 4 rings (SSSR count). The van der Waals surface area contributed by atoms with Gasteiger partial charge in [0.1, 0.15) is 5.75 Å². The van der Waals surface area contributed by atoms with Crippen LogP contribution in [0.25, 0.3) is 0 Å². The number of hydrogen-bond donors (Lipinski definition) is 2. The van der Waals surface area contributed by atoms with E-state index in [4.69, 9.17) is 0 Å². The Labute approximate surface area is 152 Å². The van der Waals surface area contributed by atoms with Crippen LogP contribution in [0.4, 0.5) is 0 Å². The SMILES string of the molecule is C[C@]12CC[C@@H]3c4ccc(O)cc4CC[C@H]3[C@@H]1CC[C@@]2(O)C=CI. The zero-order valence-electron chi connectivity index (χ0n) is 13.6. The van der Waals surface area contributed by atoms with Gasteiger partial charge in [-0.25, -0.2) is 0 Å². The van der Waals surface area contributed by atoms with E-state index >= 15 is 0 Å². The van der Waals surface area contributed by atoms with E-state index in [0.29, 0.717) is 23.5 Å². The Morgan fingerprint density at radius 3 is 2.83 bits per heavy atom. The van der Waals surface area contributed by atoms with Gasteiger partial charge in [0, 0.05) is 5.41 Å². The van der Waals surface area contributed by atoms with Crippen LogP contribution in [-0.2, 0) is 6.42 Å². The van der Waals surface area contributed by atoms with Crippen LogP contribution >= 0.6 is 22.6 Å². The first kappa shape index (κ1) is 15.9. The van der Waals surface area contributed by atoms with Gasteiger partial charge in [-0.2, -0.15) is 0 Å². The molecule has 3 heteroatoms. The number of aromatic hydroxyl groups is 1. The summed E-state index contributed by atoms with van der Waals surface area (Å²) in [7, 11) is 0. The molecule has 23 heavy (non-hydrogen) atoms. The number of halogens is 1. The van der Waals surface area contributed by atoms with Crippen LogP contribution in [0.1, 0.15) is 56.1 Å². The molecule has 3 aliphatic rings. The maximum absolute atomic E-state index is 11.2. The zero-order chi connectivity index (χ0) is 16.2. The smallest absolute Gasteiger partial charge is 0.115 e. The Morgan fingerprint density at radius 1 is 1.22 bits per heavy atom. The van der Waals surface area contributed by atoms with Crippen molar-refractivity contribution < 1.29 is 10.2 Å². The third-order valence-corrected chi connectivity index (χ3v) is 7.62. The van der Waals surface area contributed by atoms with E-state index in [2.05, 4.69) is 35.6 Å². The Bertz CT molecular complexity index is 655. The van der Waals surface area contributed by atoms with Gasteiger partial charge in [-0.3, -0.25) is 0 Å². The lowest BCUT2D eigenvalue weighted by molar-refractivity contribution is -0.0708. The highest BCUT2D eigenvalue weighted by molar-refractivity contribution is 14.1. The molecule has 3 aliphatic carbocycles. The summed E-state index contributed by atoms with van der Waals surface area (Å²) in [4.78, 5) is 0. The predicted octanol–water partition coefficient (Wildman–Crippen LogP) is 4.93. The minimum Gasteiger partial charge on any atom is -0.508 e. The molecule has 1 aromatic carbocycles. The van der Waals surface area contributed by atoms with Crippen molar-refractivity contribution in [3.05, 3.63) is 39.5 Å². The molecule has 0 aliphatic heterocycles. The molecule has 2 fully saturated rings. The van der Waals surface area contributed by atoms with Gasteiger partial charge >= 0.3 is 0 Å². The summed E-state index contributed by atoms with van der Waals surface area (Å²) in [5.41, 5.74) is 2.19. The van der Waals surface area contributed by atoms with Crippen molar-refractivity contribution in [2.45, 2.75) is 57.0 Å². The fraction of sp³-hybridized carbons (Fsp3) is 0.600. The van der Waals surface area contributed by atoms with Gasteiger partial charge in [0.2, 0.25) is 0 Å². The van der Waals surface area contributed by atoms with E-state index in [-0.39, 0.29) is 5.41 Å². The molecule has 2 nitrogen and oxygen atoms in total. The molecule has 0 amide bonds. The Kier molecular flexibility index (Phi) is 3.80. The molecule has 0 bridgehead atoms. The van der Waals surface area contributed by atoms with E-state index in [1.165, 1.54) is 17.5 Å². The normalized spacial score (nSPS) is 42.3. The monoisotopic (exact) mass is 424 g/mol. The second-order valence-corrected chi connectivity index (χ2v) is 8.73. The largest absolute Gasteiger partial charge is 0.508 e. The molecule has 124 valence electrons. The van der Waals surface area contributed by atoms with Gasteiger partial charge in [-0.1, -0.05) is 35.6 Å². The van der Waals surface area contributed by atoms with Gasteiger partial charge in [-0.15, -0.1) is 0 Å². The number of aryl methyl sites for hydroxylation is 1. The maximum Gasteiger partial charge on any atom is 0.115 e. The van der Waals surface area contributed by atoms with Crippen molar-refractivity contribution in [1.29, 1.82) is 0 Å². The minimum atomic E-state index is -0.626. The van der Waals surface area contributed by atoms with Crippen molar-refractivity contribution in [3.63, 3.8) is 0 Å². The Morgan fingerprint density at radius 2 is 2.04 bits per heavy atom. The third kappa shape index (κ3) is 2.22. The minimum absolute atomic E-state index is 0.0181. The van der Waals surface area contributed by atoms with Crippen LogP contribution in [0.5, 0.6) is 5.75 Å². The summed E-state index contributed by atoms with van der Waals surface area (Å²) in [5, 5.41) is 21.0.